The van der Waals surface area contributed by atoms with Crippen molar-refractivity contribution in [3.05, 3.63) is 23.2 Å². The number of benzene rings is 1. The number of nitrogens with one attached hydrogen (secondary N) is 2. The number of carbonyl (C=O) groups is 1. The summed E-state index contributed by atoms with van der Waals surface area (Å²) in [6.45, 7) is 3.54. The van der Waals surface area contributed by atoms with Gasteiger partial charge < -0.3 is 20.3 Å². The van der Waals surface area contributed by atoms with E-state index in [1.54, 1.807) is 12.1 Å². The Hall–Kier alpha value is -0.720. The fourth-order valence-electron chi connectivity index (χ4n) is 2.76. The summed E-state index contributed by atoms with van der Waals surface area (Å²) in [5.74, 6) is 1.35. The largest absolute Gasteiger partial charge is 0.491 e. The van der Waals surface area contributed by atoms with E-state index < -0.39 is 0 Å². The summed E-state index contributed by atoms with van der Waals surface area (Å²) in [5.41, 5.74) is 0.718. The van der Waals surface area contributed by atoms with Crippen LogP contribution in [0.15, 0.2) is 18.2 Å². The molecule has 0 atom stereocenters. The van der Waals surface area contributed by atoms with Crippen LogP contribution in [0, 0.1) is 5.92 Å². The van der Waals surface area contributed by atoms with E-state index in [0.717, 1.165) is 44.6 Å². The SMILES string of the molecule is CN(C)CCOc1ccc(NC(=O)CCC2CCNCC2)cc1Cl.Cl.Cl. The molecule has 1 heterocycles. The third kappa shape index (κ3) is 9.28. The second-order valence-corrected chi connectivity index (χ2v) is 6.98. The number of amides is 1. The van der Waals surface area contributed by atoms with Gasteiger partial charge in [0.1, 0.15) is 12.4 Å². The number of likely N-dealkylation sites (N-methyl/N-ethyl adjacent to an activating group) is 1. The van der Waals surface area contributed by atoms with Gasteiger partial charge in [-0.1, -0.05) is 11.6 Å². The topological polar surface area (TPSA) is 53.6 Å². The van der Waals surface area contributed by atoms with Crippen LogP contribution in [0.5, 0.6) is 5.75 Å². The van der Waals surface area contributed by atoms with Crippen LogP contribution in [-0.2, 0) is 4.79 Å². The van der Waals surface area contributed by atoms with E-state index in [1.165, 1.54) is 0 Å². The summed E-state index contributed by atoms with van der Waals surface area (Å²) in [6, 6.07) is 5.38. The van der Waals surface area contributed by atoms with Crippen LogP contribution in [0.25, 0.3) is 0 Å². The van der Waals surface area contributed by atoms with Crippen molar-refractivity contribution in [1.82, 2.24) is 10.2 Å². The molecule has 0 bridgehead atoms. The van der Waals surface area contributed by atoms with Crippen molar-refractivity contribution in [2.45, 2.75) is 25.7 Å². The molecule has 2 rings (SSSR count). The smallest absolute Gasteiger partial charge is 0.224 e. The van der Waals surface area contributed by atoms with Crippen molar-refractivity contribution in [2.75, 3.05) is 45.7 Å². The van der Waals surface area contributed by atoms with Crippen LogP contribution in [-0.4, -0.2) is 51.1 Å². The van der Waals surface area contributed by atoms with Crippen LogP contribution < -0.4 is 15.4 Å². The van der Waals surface area contributed by atoms with Gasteiger partial charge in [0.05, 0.1) is 5.02 Å². The number of hydrogen-bond donors (Lipinski definition) is 2. The molecule has 0 aromatic heterocycles. The lowest BCUT2D eigenvalue weighted by molar-refractivity contribution is -0.116. The highest BCUT2D eigenvalue weighted by molar-refractivity contribution is 6.32. The molecule has 1 aliphatic rings. The van der Waals surface area contributed by atoms with E-state index in [-0.39, 0.29) is 30.7 Å². The lowest BCUT2D eigenvalue weighted by Gasteiger charge is -2.22. The van der Waals surface area contributed by atoms with E-state index in [0.29, 0.717) is 29.7 Å². The van der Waals surface area contributed by atoms with Gasteiger partial charge in [0.15, 0.2) is 0 Å². The van der Waals surface area contributed by atoms with E-state index in [9.17, 15) is 4.79 Å². The maximum Gasteiger partial charge on any atom is 0.224 e. The minimum atomic E-state index is 0. The van der Waals surface area contributed by atoms with Gasteiger partial charge in [-0.2, -0.15) is 0 Å². The molecule has 0 radical (unpaired) electrons. The lowest BCUT2D eigenvalue weighted by Crippen LogP contribution is -2.28. The van der Waals surface area contributed by atoms with Gasteiger partial charge in [-0.15, -0.1) is 24.8 Å². The first-order valence-electron chi connectivity index (χ1n) is 8.62. The Labute approximate surface area is 174 Å². The molecular formula is C18H30Cl3N3O2. The van der Waals surface area contributed by atoms with Crippen LogP contribution in [0.1, 0.15) is 25.7 Å². The molecule has 1 aromatic carbocycles. The molecule has 1 amide bonds. The molecule has 1 aromatic rings. The van der Waals surface area contributed by atoms with Crippen molar-refractivity contribution >= 4 is 48.0 Å². The molecule has 0 unspecified atom stereocenters. The van der Waals surface area contributed by atoms with Gasteiger partial charge in [0, 0.05) is 18.7 Å². The number of ether oxygens (including phenoxy) is 1. The summed E-state index contributed by atoms with van der Waals surface area (Å²) in [4.78, 5) is 14.1. The highest BCUT2D eigenvalue weighted by Crippen LogP contribution is 2.28. The number of anilines is 1. The molecule has 1 aliphatic heterocycles. The zero-order valence-corrected chi connectivity index (χ0v) is 17.8. The zero-order chi connectivity index (χ0) is 17.4. The minimum absolute atomic E-state index is 0. The molecule has 150 valence electrons. The first-order valence-corrected chi connectivity index (χ1v) is 9.00. The highest BCUT2D eigenvalue weighted by Gasteiger charge is 2.14. The second-order valence-electron chi connectivity index (χ2n) is 6.58. The molecule has 0 aliphatic carbocycles. The van der Waals surface area contributed by atoms with Crippen LogP contribution >= 0.6 is 36.4 Å². The molecule has 0 spiro atoms. The summed E-state index contributed by atoms with van der Waals surface area (Å²) in [7, 11) is 3.99. The molecular weight excluding hydrogens is 397 g/mol. The number of halogens is 3. The standard InChI is InChI=1S/C18H28ClN3O2.2ClH/c1-22(2)11-12-24-17-5-4-15(13-16(17)19)21-18(23)6-3-14-7-9-20-10-8-14;;/h4-5,13-14,20H,3,6-12H2,1-2H3,(H,21,23);2*1H. The van der Waals surface area contributed by atoms with E-state index in [2.05, 4.69) is 10.6 Å². The molecule has 1 fully saturated rings. The molecule has 8 heteroatoms. The van der Waals surface area contributed by atoms with Crippen molar-refractivity contribution in [3.63, 3.8) is 0 Å². The summed E-state index contributed by atoms with van der Waals surface area (Å²) in [6.07, 6.45) is 3.84. The number of hydrogen-bond acceptors (Lipinski definition) is 4. The van der Waals surface area contributed by atoms with Gasteiger partial charge in [0.25, 0.3) is 0 Å². The molecule has 0 saturated carbocycles. The first kappa shape index (κ1) is 25.3. The molecule has 2 N–H and O–H groups in total. The monoisotopic (exact) mass is 425 g/mol. The van der Waals surface area contributed by atoms with Crippen molar-refractivity contribution in [1.29, 1.82) is 0 Å². The maximum atomic E-state index is 12.1. The predicted octanol–water partition coefficient (Wildman–Crippen LogP) is 3.84. The Balaban J connectivity index is 0.00000312. The van der Waals surface area contributed by atoms with Crippen LogP contribution in [0.3, 0.4) is 0 Å². The quantitative estimate of drug-likeness (QED) is 0.663. The Morgan fingerprint density at radius 1 is 1.31 bits per heavy atom. The van der Waals surface area contributed by atoms with Crippen molar-refractivity contribution in [3.8, 4) is 5.75 Å². The van der Waals surface area contributed by atoms with Gasteiger partial charge in [-0.25, -0.2) is 0 Å². The Kier molecular flexibility index (Phi) is 13.1. The van der Waals surface area contributed by atoms with E-state index >= 15 is 0 Å². The fraction of sp³-hybridized carbons (Fsp3) is 0.611. The highest BCUT2D eigenvalue weighted by atomic mass is 35.5. The van der Waals surface area contributed by atoms with E-state index in [4.69, 9.17) is 16.3 Å². The summed E-state index contributed by atoms with van der Waals surface area (Å²) in [5, 5.41) is 6.78. The number of nitrogens with zero attached hydrogens (tertiary/aromatic N) is 1. The van der Waals surface area contributed by atoms with Gasteiger partial charge in [-0.3, -0.25) is 4.79 Å². The molecule has 5 nitrogen and oxygen atoms in total. The number of piperidine rings is 1. The lowest BCUT2D eigenvalue weighted by atomic mass is 9.93. The van der Waals surface area contributed by atoms with Crippen molar-refractivity contribution in [2.24, 2.45) is 5.92 Å². The van der Waals surface area contributed by atoms with E-state index in [1.807, 2.05) is 25.1 Å². The maximum absolute atomic E-state index is 12.1. The second kappa shape index (κ2) is 13.4. The fourth-order valence-corrected chi connectivity index (χ4v) is 3.00. The Morgan fingerprint density at radius 2 is 2.00 bits per heavy atom. The predicted molar refractivity (Wildman–Crippen MR) is 113 cm³/mol. The Bertz CT molecular complexity index is 538. The average molecular weight is 427 g/mol. The van der Waals surface area contributed by atoms with Crippen LogP contribution in [0.2, 0.25) is 5.02 Å². The zero-order valence-electron chi connectivity index (χ0n) is 15.4. The van der Waals surface area contributed by atoms with Gasteiger partial charge in [-0.05, 0) is 70.6 Å². The van der Waals surface area contributed by atoms with Crippen molar-refractivity contribution < 1.29 is 9.53 Å². The third-order valence-corrected chi connectivity index (χ3v) is 4.55. The summed E-state index contributed by atoms with van der Waals surface area (Å²) < 4.78 is 5.64. The third-order valence-electron chi connectivity index (χ3n) is 4.25. The number of rotatable bonds is 8. The molecule has 1 saturated heterocycles. The summed E-state index contributed by atoms with van der Waals surface area (Å²) >= 11 is 6.23. The van der Waals surface area contributed by atoms with Crippen LogP contribution in [0.4, 0.5) is 5.69 Å². The van der Waals surface area contributed by atoms with Gasteiger partial charge in [0.2, 0.25) is 5.91 Å². The molecule has 26 heavy (non-hydrogen) atoms. The number of carbonyl (C=O) groups excluding carboxylic acids is 1. The minimum Gasteiger partial charge on any atom is -0.491 e. The average Bonchev–Trinajstić information content (AvgIpc) is 2.56. The normalized spacial score (nSPS) is 14.3. The van der Waals surface area contributed by atoms with Gasteiger partial charge >= 0.3 is 0 Å². The Morgan fingerprint density at radius 3 is 2.62 bits per heavy atom. The first-order chi connectivity index (χ1) is 11.5.